The van der Waals surface area contributed by atoms with Gasteiger partial charge in [-0.3, -0.25) is 9.36 Å². The van der Waals surface area contributed by atoms with E-state index in [1.807, 2.05) is 38.1 Å². The van der Waals surface area contributed by atoms with Crippen molar-refractivity contribution in [1.29, 1.82) is 0 Å². The Morgan fingerprint density at radius 1 is 1.10 bits per heavy atom. The number of carboxylic acids is 1. The number of carboxylic acid groups (broad SMARTS) is 1. The van der Waals surface area contributed by atoms with E-state index >= 15 is 0 Å². The highest BCUT2D eigenvalue weighted by molar-refractivity contribution is 7.07. The normalized spacial score (nSPS) is 15.0. The van der Waals surface area contributed by atoms with Gasteiger partial charge in [-0.05, 0) is 69.7 Å². The van der Waals surface area contributed by atoms with Crippen LogP contribution in [0.2, 0.25) is 0 Å². The monoisotopic (exact) mass is 572 g/mol. The number of furan rings is 1. The number of esters is 1. The zero-order valence-electron chi connectivity index (χ0n) is 22.9. The Hall–Kier alpha value is -4.70. The molecule has 2 aromatic heterocycles. The summed E-state index contributed by atoms with van der Waals surface area (Å²) in [5.74, 6) is 0.121. The maximum Gasteiger partial charge on any atom is 0.338 e. The molecule has 1 aliphatic heterocycles. The zero-order chi connectivity index (χ0) is 29.3. The molecule has 10 heteroatoms. The molecule has 1 N–H and O–H groups in total. The molecule has 3 heterocycles. The summed E-state index contributed by atoms with van der Waals surface area (Å²) in [6.07, 6.45) is 1.64. The van der Waals surface area contributed by atoms with Crippen molar-refractivity contribution in [3.8, 4) is 17.1 Å². The van der Waals surface area contributed by atoms with Crippen LogP contribution in [0.25, 0.3) is 17.4 Å². The van der Waals surface area contributed by atoms with Gasteiger partial charge in [0.15, 0.2) is 4.80 Å². The third-order valence-electron chi connectivity index (χ3n) is 6.40. The van der Waals surface area contributed by atoms with Gasteiger partial charge in [0, 0.05) is 11.6 Å². The van der Waals surface area contributed by atoms with E-state index in [9.17, 15) is 14.4 Å². The van der Waals surface area contributed by atoms with E-state index in [4.69, 9.17) is 19.0 Å². The number of hydrogen-bond donors (Lipinski definition) is 1. The largest absolute Gasteiger partial charge is 0.491 e. The van der Waals surface area contributed by atoms with Crippen molar-refractivity contribution in [3.63, 3.8) is 0 Å². The summed E-state index contributed by atoms with van der Waals surface area (Å²) >= 11 is 1.20. The first-order valence-electron chi connectivity index (χ1n) is 13.1. The Labute approximate surface area is 239 Å². The number of rotatable bonds is 8. The van der Waals surface area contributed by atoms with Gasteiger partial charge in [-0.25, -0.2) is 14.6 Å². The molecule has 1 aliphatic rings. The van der Waals surface area contributed by atoms with Crippen LogP contribution in [0.3, 0.4) is 0 Å². The van der Waals surface area contributed by atoms with E-state index in [0.717, 1.165) is 5.56 Å². The van der Waals surface area contributed by atoms with E-state index < -0.39 is 18.0 Å². The number of hydrogen-bond acceptors (Lipinski definition) is 8. The number of thiazole rings is 1. The number of carbonyl (C=O) groups is 2. The van der Waals surface area contributed by atoms with Crippen LogP contribution in [-0.4, -0.2) is 34.3 Å². The topological polar surface area (TPSA) is 120 Å². The minimum atomic E-state index is -1.01. The number of allylic oxidation sites excluding steroid dienone is 1. The lowest BCUT2D eigenvalue weighted by Gasteiger charge is -2.25. The van der Waals surface area contributed by atoms with Crippen molar-refractivity contribution in [2.75, 3.05) is 6.61 Å². The van der Waals surface area contributed by atoms with Crippen molar-refractivity contribution in [2.24, 2.45) is 4.99 Å². The number of aromatic carboxylic acids is 1. The lowest BCUT2D eigenvalue weighted by atomic mass is 9.96. The van der Waals surface area contributed by atoms with Gasteiger partial charge in [-0.2, -0.15) is 0 Å². The van der Waals surface area contributed by atoms with Crippen molar-refractivity contribution < 1.29 is 28.6 Å². The predicted octanol–water partition coefficient (Wildman–Crippen LogP) is 4.54. The van der Waals surface area contributed by atoms with E-state index in [0.29, 0.717) is 43.4 Å². The van der Waals surface area contributed by atoms with Gasteiger partial charge >= 0.3 is 11.9 Å². The third-order valence-corrected chi connectivity index (χ3v) is 7.38. The number of fused-ring (bicyclic) bond motifs is 1. The number of ether oxygens (including phenoxy) is 2. The minimum absolute atomic E-state index is 0.00183. The molecule has 5 rings (SSSR count). The van der Waals surface area contributed by atoms with Crippen LogP contribution >= 0.6 is 11.3 Å². The first-order valence-corrected chi connectivity index (χ1v) is 13.9. The maximum atomic E-state index is 13.8. The Kier molecular flexibility index (Phi) is 7.76. The second kappa shape index (κ2) is 11.4. The molecule has 0 unspecified atom stereocenters. The smallest absolute Gasteiger partial charge is 0.338 e. The standard InChI is InChI=1S/C31H28N2O7S/c1-5-38-30(37)26-18(4)32-31-33(27(26)20-10-12-22(13-11-20)39-17(2)3)28(34)25(41-31)16-23-14-15-24(40-23)19-6-8-21(9-7-19)29(35)36/h6-17,27H,5H2,1-4H3,(H,35,36)/b25-16-/t27-/m1/s1. The summed E-state index contributed by atoms with van der Waals surface area (Å²) in [6.45, 7) is 7.53. The fraction of sp³-hybridized carbons (Fsp3) is 0.226. The number of carbonyl (C=O) groups excluding carboxylic acids is 1. The summed E-state index contributed by atoms with van der Waals surface area (Å²) in [5.41, 5.74) is 2.06. The van der Waals surface area contributed by atoms with Crippen LogP contribution in [0, 0.1) is 0 Å². The second-order valence-electron chi connectivity index (χ2n) is 9.62. The molecule has 9 nitrogen and oxygen atoms in total. The molecule has 4 aromatic rings. The summed E-state index contributed by atoms with van der Waals surface area (Å²) in [6, 6.07) is 16.4. The fourth-order valence-electron chi connectivity index (χ4n) is 4.60. The van der Waals surface area contributed by atoms with Crippen LogP contribution in [0.1, 0.15) is 55.4 Å². The van der Waals surface area contributed by atoms with Crippen LogP contribution < -0.4 is 19.6 Å². The van der Waals surface area contributed by atoms with Crippen LogP contribution in [0.5, 0.6) is 5.75 Å². The molecule has 0 aliphatic carbocycles. The lowest BCUT2D eigenvalue weighted by molar-refractivity contribution is -0.139. The van der Waals surface area contributed by atoms with E-state index in [-0.39, 0.29) is 23.8 Å². The molecule has 210 valence electrons. The molecule has 2 aromatic carbocycles. The highest BCUT2D eigenvalue weighted by Gasteiger charge is 2.33. The molecule has 0 spiro atoms. The summed E-state index contributed by atoms with van der Waals surface area (Å²) in [4.78, 5) is 43.1. The maximum absolute atomic E-state index is 13.8. The van der Waals surface area contributed by atoms with Gasteiger partial charge in [0.2, 0.25) is 0 Å². The molecule has 1 atom stereocenters. The number of benzene rings is 2. The van der Waals surface area contributed by atoms with Crippen molar-refractivity contribution in [1.82, 2.24) is 4.57 Å². The fourth-order valence-corrected chi connectivity index (χ4v) is 5.63. The Morgan fingerprint density at radius 3 is 2.44 bits per heavy atom. The highest BCUT2D eigenvalue weighted by atomic mass is 32.1. The Bertz CT molecular complexity index is 1820. The Morgan fingerprint density at radius 2 is 1.80 bits per heavy atom. The zero-order valence-corrected chi connectivity index (χ0v) is 23.7. The van der Waals surface area contributed by atoms with Crippen LogP contribution in [0.15, 0.2) is 86.1 Å². The molecule has 0 fully saturated rings. The molecule has 0 amide bonds. The summed E-state index contributed by atoms with van der Waals surface area (Å²) < 4.78 is 19.0. The van der Waals surface area contributed by atoms with Gasteiger partial charge in [0.25, 0.3) is 5.56 Å². The van der Waals surface area contributed by atoms with E-state index in [1.54, 1.807) is 44.2 Å². The first-order chi connectivity index (χ1) is 19.7. The average molecular weight is 573 g/mol. The quantitative estimate of drug-likeness (QED) is 0.308. The number of nitrogens with zero attached hydrogens (tertiary/aromatic N) is 2. The molecular weight excluding hydrogens is 544 g/mol. The number of aromatic nitrogens is 1. The van der Waals surface area contributed by atoms with Crippen LogP contribution in [0.4, 0.5) is 0 Å². The van der Waals surface area contributed by atoms with Crippen molar-refractivity contribution in [2.45, 2.75) is 39.8 Å². The molecule has 0 saturated carbocycles. The second-order valence-corrected chi connectivity index (χ2v) is 10.6. The third kappa shape index (κ3) is 5.64. The molecule has 41 heavy (non-hydrogen) atoms. The minimum Gasteiger partial charge on any atom is -0.491 e. The predicted molar refractivity (Wildman–Crippen MR) is 154 cm³/mol. The molecule has 0 radical (unpaired) electrons. The molecular formula is C31H28N2O7S. The van der Waals surface area contributed by atoms with E-state index in [1.165, 1.54) is 28.0 Å². The van der Waals surface area contributed by atoms with Gasteiger partial charge < -0.3 is 19.0 Å². The molecule has 0 bridgehead atoms. The molecule has 0 saturated heterocycles. The van der Waals surface area contributed by atoms with Gasteiger partial charge in [0.05, 0.1) is 40.1 Å². The summed E-state index contributed by atoms with van der Waals surface area (Å²) in [5, 5.41) is 9.13. The Balaban J connectivity index is 1.57. The summed E-state index contributed by atoms with van der Waals surface area (Å²) in [7, 11) is 0. The lowest BCUT2D eigenvalue weighted by Crippen LogP contribution is -2.39. The van der Waals surface area contributed by atoms with Crippen molar-refractivity contribution in [3.05, 3.63) is 109 Å². The highest BCUT2D eigenvalue weighted by Crippen LogP contribution is 2.32. The van der Waals surface area contributed by atoms with Gasteiger partial charge in [-0.1, -0.05) is 35.6 Å². The van der Waals surface area contributed by atoms with E-state index in [2.05, 4.69) is 4.99 Å². The first kappa shape index (κ1) is 27.9. The average Bonchev–Trinajstić information content (AvgIpc) is 3.52. The van der Waals surface area contributed by atoms with Crippen LogP contribution in [-0.2, 0) is 9.53 Å². The van der Waals surface area contributed by atoms with Crippen molar-refractivity contribution >= 4 is 29.4 Å². The van der Waals surface area contributed by atoms with Gasteiger partial charge in [0.1, 0.15) is 17.3 Å². The SMILES string of the molecule is CCOC(=O)C1=C(C)N=c2s/c(=C\c3ccc(-c4ccc(C(=O)O)cc4)o3)c(=O)n2[C@@H]1c1ccc(OC(C)C)cc1. The van der Waals surface area contributed by atoms with Gasteiger partial charge in [-0.15, -0.1) is 0 Å².